The van der Waals surface area contributed by atoms with Gasteiger partial charge in [0.15, 0.2) is 0 Å². The lowest BCUT2D eigenvalue weighted by atomic mass is 10.2. The van der Waals surface area contributed by atoms with Crippen molar-refractivity contribution in [1.29, 1.82) is 0 Å². The second-order valence-corrected chi connectivity index (χ2v) is 4.54. The summed E-state index contributed by atoms with van der Waals surface area (Å²) < 4.78 is 5.50. The Morgan fingerprint density at radius 2 is 1.44 bits per heavy atom. The van der Waals surface area contributed by atoms with Crippen LogP contribution in [0.3, 0.4) is 0 Å². The lowest BCUT2D eigenvalue weighted by Gasteiger charge is -2.14. The molecule has 2 aromatic carbocycles. The Morgan fingerprint density at radius 3 is 2.00 bits per heavy atom. The summed E-state index contributed by atoms with van der Waals surface area (Å²) in [6.07, 6.45) is 0. The number of benzene rings is 2. The number of ether oxygens (including phenoxy) is 1. The van der Waals surface area contributed by atoms with Gasteiger partial charge in [0, 0.05) is 12.0 Å². The van der Waals surface area contributed by atoms with Crippen LogP contribution in [0.15, 0.2) is 65.6 Å². The molecule has 0 bridgehead atoms. The molecule has 0 radical (unpaired) electrons. The van der Waals surface area contributed by atoms with Crippen LogP contribution in [-0.2, 0) is 4.74 Å². The average molecular weight is 230 g/mol. The normalized spacial score (nSPS) is 12.3. The van der Waals surface area contributed by atoms with E-state index in [0.717, 1.165) is 0 Å². The van der Waals surface area contributed by atoms with Crippen molar-refractivity contribution < 1.29 is 4.74 Å². The molecule has 2 aromatic rings. The van der Waals surface area contributed by atoms with Crippen molar-refractivity contribution in [2.45, 2.75) is 10.3 Å². The smallest absolute Gasteiger partial charge is 0.132 e. The Kier molecular flexibility index (Phi) is 4.03. The largest absolute Gasteiger partial charge is 0.366 e. The molecule has 2 heteroatoms. The van der Waals surface area contributed by atoms with Gasteiger partial charge in [-0.25, -0.2) is 0 Å². The summed E-state index contributed by atoms with van der Waals surface area (Å²) in [5, 5.41) is 0. The van der Waals surface area contributed by atoms with E-state index in [1.807, 2.05) is 36.4 Å². The Labute approximate surface area is 100 Å². The molecule has 0 aliphatic heterocycles. The van der Waals surface area contributed by atoms with Gasteiger partial charge in [0.2, 0.25) is 0 Å². The molecule has 0 fully saturated rings. The van der Waals surface area contributed by atoms with Crippen molar-refractivity contribution in [3.63, 3.8) is 0 Å². The topological polar surface area (TPSA) is 9.23 Å². The van der Waals surface area contributed by atoms with Gasteiger partial charge in [-0.1, -0.05) is 60.3 Å². The summed E-state index contributed by atoms with van der Waals surface area (Å²) in [4.78, 5) is 1.22. The fourth-order valence-corrected chi connectivity index (χ4v) is 2.44. The predicted octanol–water partition coefficient (Wildman–Crippen LogP) is 4.12. The molecule has 0 aliphatic rings. The molecule has 1 nitrogen and oxygen atoms in total. The van der Waals surface area contributed by atoms with Gasteiger partial charge in [-0.15, -0.1) is 0 Å². The summed E-state index contributed by atoms with van der Waals surface area (Å²) in [7, 11) is 1.74. The van der Waals surface area contributed by atoms with Gasteiger partial charge < -0.3 is 4.74 Å². The van der Waals surface area contributed by atoms with Gasteiger partial charge in [0.05, 0.1) is 0 Å². The molecule has 0 amide bonds. The molecule has 82 valence electrons. The third kappa shape index (κ3) is 2.87. The standard InChI is InChI=1S/C14H14OS/c1-15-14(12-8-4-2-5-9-12)16-13-10-6-3-7-11-13/h2-11,14H,1H3/t14-/m1/s1. The van der Waals surface area contributed by atoms with E-state index in [1.165, 1.54) is 10.5 Å². The van der Waals surface area contributed by atoms with Crippen molar-refractivity contribution in [2.75, 3.05) is 7.11 Å². The molecule has 0 heterocycles. The van der Waals surface area contributed by atoms with Crippen LogP contribution in [-0.4, -0.2) is 7.11 Å². The minimum absolute atomic E-state index is 0.0589. The van der Waals surface area contributed by atoms with E-state index in [1.54, 1.807) is 18.9 Å². The molecule has 0 saturated heterocycles. The Bertz CT molecular complexity index is 413. The second kappa shape index (κ2) is 5.73. The van der Waals surface area contributed by atoms with E-state index < -0.39 is 0 Å². The van der Waals surface area contributed by atoms with Crippen molar-refractivity contribution in [3.05, 3.63) is 66.2 Å². The molecule has 0 aliphatic carbocycles. The molecule has 0 spiro atoms. The summed E-state index contributed by atoms with van der Waals surface area (Å²) in [5.41, 5.74) is 1.25. The van der Waals surface area contributed by atoms with Crippen molar-refractivity contribution in [3.8, 4) is 0 Å². The van der Waals surface area contributed by atoms with Crippen LogP contribution in [0.25, 0.3) is 0 Å². The van der Waals surface area contributed by atoms with E-state index in [9.17, 15) is 0 Å². The molecule has 0 N–H and O–H groups in total. The third-order valence-electron chi connectivity index (χ3n) is 2.27. The van der Waals surface area contributed by atoms with E-state index >= 15 is 0 Å². The van der Waals surface area contributed by atoms with Gasteiger partial charge in [-0.05, 0) is 17.7 Å². The van der Waals surface area contributed by atoms with Crippen LogP contribution in [0.1, 0.15) is 11.0 Å². The maximum atomic E-state index is 5.50. The zero-order valence-electron chi connectivity index (χ0n) is 9.17. The van der Waals surface area contributed by atoms with Gasteiger partial charge in [-0.3, -0.25) is 0 Å². The van der Waals surface area contributed by atoms with Crippen LogP contribution in [0.5, 0.6) is 0 Å². The van der Waals surface area contributed by atoms with Crippen LogP contribution in [0, 0.1) is 0 Å². The van der Waals surface area contributed by atoms with E-state index in [0.29, 0.717) is 0 Å². The summed E-state index contributed by atoms with van der Waals surface area (Å²) in [5.74, 6) is 0. The average Bonchev–Trinajstić information content (AvgIpc) is 2.38. The van der Waals surface area contributed by atoms with Crippen LogP contribution >= 0.6 is 11.8 Å². The zero-order chi connectivity index (χ0) is 11.2. The molecule has 0 saturated carbocycles. The van der Waals surface area contributed by atoms with Crippen LogP contribution in [0.4, 0.5) is 0 Å². The second-order valence-electron chi connectivity index (χ2n) is 3.41. The first-order valence-electron chi connectivity index (χ1n) is 5.19. The van der Waals surface area contributed by atoms with Crippen LogP contribution in [0.2, 0.25) is 0 Å². The van der Waals surface area contributed by atoms with Crippen molar-refractivity contribution in [1.82, 2.24) is 0 Å². The number of hydrogen-bond acceptors (Lipinski definition) is 2. The summed E-state index contributed by atoms with van der Waals surface area (Å²) in [6.45, 7) is 0. The summed E-state index contributed by atoms with van der Waals surface area (Å²) in [6, 6.07) is 20.6. The van der Waals surface area contributed by atoms with Gasteiger partial charge >= 0.3 is 0 Å². The quantitative estimate of drug-likeness (QED) is 0.577. The molecular formula is C14H14OS. The van der Waals surface area contributed by atoms with Crippen molar-refractivity contribution in [2.24, 2.45) is 0 Å². The highest BCUT2D eigenvalue weighted by Gasteiger charge is 2.10. The highest BCUT2D eigenvalue weighted by Crippen LogP contribution is 2.35. The number of thioether (sulfide) groups is 1. The van der Waals surface area contributed by atoms with Gasteiger partial charge in [0.25, 0.3) is 0 Å². The Hall–Kier alpha value is -1.25. The first-order chi connectivity index (χ1) is 7.90. The lowest BCUT2D eigenvalue weighted by molar-refractivity contribution is 0.175. The first-order valence-corrected chi connectivity index (χ1v) is 6.07. The molecular weight excluding hydrogens is 216 g/mol. The lowest BCUT2D eigenvalue weighted by Crippen LogP contribution is -1.95. The van der Waals surface area contributed by atoms with E-state index in [-0.39, 0.29) is 5.44 Å². The maximum Gasteiger partial charge on any atom is 0.132 e. The fraction of sp³-hybridized carbons (Fsp3) is 0.143. The monoisotopic (exact) mass is 230 g/mol. The maximum absolute atomic E-state index is 5.50. The molecule has 2 rings (SSSR count). The third-order valence-corrected chi connectivity index (χ3v) is 3.50. The minimum atomic E-state index is 0.0589. The highest BCUT2D eigenvalue weighted by molar-refractivity contribution is 7.99. The zero-order valence-corrected chi connectivity index (χ0v) is 9.98. The SMILES string of the molecule is CO[C@H](Sc1ccccc1)c1ccccc1. The predicted molar refractivity (Wildman–Crippen MR) is 68.5 cm³/mol. The molecule has 0 aromatic heterocycles. The van der Waals surface area contributed by atoms with E-state index in [2.05, 4.69) is 24.3 Å². The number of hydrogen-bond donors (Lipinski definition) is 0. The minimum Gasteiger partial charge on any atom is -0.366 e. The molecule has 0 unspecified atom stereocenters. The molecule has 16 heavy (non-hydrogen) atoms. The van der Waals surface area contributed by atoms with Crippen LogP contribution < -0.4 is 0 Å². The highest BCUT2D eigenvalue weighted by atomic mass is 32.2. The number of methoxy groups -OCH3 is 1. The Balaban J connectivity index is 2.13. The number of rotatable bonds is 4. The summed E-state index contributed by atoms with van der Waals surface area (Å²) >= 11 is 1.72. The fourth-order valence-electron chi connectivity index (χ4n) is 1.49. The molecule has 1 atom stereocenters. The van der Waals surface area contributed by atoms with Crippen molar-refractivity contribution >= 4 is 11.8 Å². The Morgan fingerprint density at radius 1 is 0.875 bits per heavy atom. The van der Waals surface area contributed by atoms with Gasteiger partial charge in [0.1, 0.15) is 5.44 Å². The first kappa shape index (κ1) is 11.2. The van der Waals surface area contributed by atoms with E-state index in [4.69, 9.17) is 4.74 Å². The van der Waals surface area contributed by atoms with Gasteiger partial charge in [-0.2, -0.15) is 0 Å².